The van der Waals surface area contributed by atoms with Crippen LogP contribution in [-0.2, 0) is 4.79 Å². The number of benzene rings is 3. The van der Waals surface area contributed by atoms with Crippen molar-refractivity contribution in [3.8, 4) is 11.5 Å². The van der Waals surface area contributed by atoms with Crippen molar-refractivity contribution in [1.82, 2.24) is 4.90 Å². The average molecular weight is 418 g/mol. The standard InChI is InChI=1S/C25H27N3O3/c1-3-28(4-2)25(30)19-9-8-10-21(17-19)26-18-24(29)27-20-13-15-23(16-14-20)31-22-11-6-5-7-12-22/h5-17,26H,3-4,18H2,1-2H3,(H,27,29). The van der Waals surface area contributed by atoms with E-state index in [0.29, 0.717) is 30.1 Å². The summed E-state index contributed by atoms with van der Waals surface area (Å²) in [5.41, 5.74) is 2.00. The van der Waals surface area contributed by atoms with Gasteiger partial charge in [-0.3, -0.25) is 9.59 Å². The first-order chi connectivity index (χ1) is 15.1. The average Bonchev–Trinajstić information content (AvgIpc) is 2.80. The molecule has 0 aromatic heterocycles. The van der Waals surface area contributed by atoms with E-state index in [-0.39, 0.29) is 18.4 Å². The van der Waals surface area contributed by atoms with Gasteiger partial charge in [-0.05, 0) is 68.4 Å². The highest BCUT2D eigenvalue weighted by molar-refractivity contribution is 5.96. The van der Waals surface area contributed by atoms with Gasteiger partial charge in [0.2, 0.25) is 5.91 Å². The van der Waals surface area contributed by atoms with Gasteiger partial charge in [0.05, 0.1) is 6.54 Å². The van der Waals surface area contributed by atoms with Crippen molar-refractivity contribution in [2.24, 2.45) is 0 Å². The Bertz CT molecular complexity index is 1000. The largest absolute Gasteiger partial charge is 0.457 e. The number of carbonyl (C=O) groups excluding carboxylic acids is 2. The summed E-state index contributed by atoms with van der Waals surface area (Å²) >= 11 is 0. The third-order valence-electron chi connectivity index (χ3n) is 4.73. The second-order valence-corrected chi connectivity index (χ2v) is 6.90. The van der Waals surface area contributed by atoms with Crippen LogP contribution < -0.4 is 15.4 Å². The second-order valence-electron chi connectivity index (χ2n) is 6.90. The molecule has 3 aromatic carbocycles. The van der Waals surface area contributed by atoms with E-state index < -0.39 is 0 Å². The zero-order valence-corrected chi connectivity index (χ0v) is 17.8. The summed E-state index contributed by atoms with van der Waals surface area (Å²) in [6.07, 6.45) is 0. The van der Waals surface area contributed by atoms with Crippen molar-refractivity contribution in [2.45, 2.75) is 13.8 Å². The van der Waals surface area contributed by atoms with E-state index in [0.717, 1.165) is 11.4 Å². The van der Waals surface area contributed by atoms with Gasteiger partial charge in [-0.25, -0.2) is 0 Å². The molecule has 0 unspecified atom stereocenters. The molecule has 3 aromatic rings. The molecule has 0 aliphatic rings. The summed E-state index contributed by atoms with van der Waals surface area (Å²) in [7, 11) is 0. The predicted octanol–water partition coefficient (Wildman–Crippen LogP) is 5.01. The maximum absolute atomic E-state index is 12.5. The zero-order chi connectivity index (χ0) is 22.1. The Kier molecular flexibility index (Phi) is 7.65. The fraction of sp³-hybridized carbons (Fsp3) is 0.200. The lowest BCUT2D eigenvalue weighted by molar-refractivity contribution is -0.114. The van der Waals surface area contributed by atoms with Crippen molar-refractivity contribution in [1.29, 1.82) is 0 Å². The summed E-state index contributed by atoms with van der Waals surface area (Å²) in [4.78, 5) is 26.6. The second kappa shape index (κ2) is 10.8. The number of carbonyl (C=O) groups is 2. The topological polar surface area (TPSA) is 70.7 Å². The molecule has 0 saturated carbocycles. The molecule has 0 heterocycles. The maximum Gasteiger partial charge on any atom is 0.253 e. The molecule has 0 spiro atoms. The molecule has 0 aliphatic carbocycles. The molecule has 0 atom stereocenters. The number of anilines is 2. The van der Waals surface area contributed by atoms with Crippen LogP contribution in [-0.4, -0.2) is 36.3 Å². The normalized spacial score (nSPS) is 10.3. The minimum absolute atomic E-state index is 0.0177. The third-order valence-corrected chi connectivity index (χ3v) is 4.73. The Morgan fingerprint density at radius 1 is 0.806 bits per heavy atom. The first-order valence-electron chi connectivity index (χ1n) is 10.3. The van der Waals surface area contributed by atoms with Crippen LogP contribution in [0.1, 0.15) is 24.2 Å². The quantitative estimate of drug-likeness (QED) is 0.513. The van der Waals surface area contributed by atoms with Crippen molar-refractivity contribution >= 4 is 23.2 Å². The summed E-state index contributed by atoms with van der Waals surface area (Å²) < 4.78 is 5.75. The summed E-state index contributed by atoms with van der Waals surface area (Å²) in [5, 5.41) is 5.92. The van der Waals surface area contributed by atoms with Crippen LogP contribution in [0.2, 0.25) is 0 Å². The van der Waals surface area contributed by atoms with Crippen LogP contribution in [0.15, 0.2) is 78.9 Å². The molecule has 31 heavy (non-hydrogen) atoms. The molecular weight excluding hydrogens is 390 g/mol. The van der Waals surface area contributed by atoms with E-state index in [2.05, 4.69) is 10.6 Å². The Hall–Kier alpha value is -3.80. The molecule has 6 nitrogen and oxygen atoms in total. The molecule has 0 fully saturated rings. The monoisotopic (exact) mass is 417 g/mol. The summed E-state index contributed by atoms with van der Waals surface area (Å²) in [6.45, 7) is 5.31. The summed E-state index contributed by atoms with van der Waals surface area (Å²) in [5.74, 6) is 1.25. The van der Waals surface area contributed by atoms with Gasteiger partial charge in [-0.15, -0.1) is 0 Å². The summed E-state index contributed by atoms with van der Waals surface area (Å²) in [6, 6.07) is 23.9. The molecule has 6 heteroatoms. The number of hydrogen-bond acceptors (Lipinski definition) is 4. The van der Waals surface area contributed by atoms with Gasteiger partial charge in [0.15, 0.2) is 0 Å². The van der Waals surface area contributed by atoms with E-state index in [1.807, 2.05) is 56.3 Å². The minimum Gasteiger partial charge on any atom is -0.457 e. The highest BCUT2D eigenvalue weighted by atomic mass is 16.5. The molecule has 2 amide bonds. The van der Waals surface area contributed by atoms with Gasteiger partial charge in [-0.1, -0.05) is 24.3 Å². The smallest absolute Gasteiger partial charge is 0.253 e. The van der Waals surface area contributed by atoms with Crippen molar-refractivity contribution in [3.63, 3.8) is 0 Å². The minimum atomic E-state index is -0.183. The number of nitrogens with zero attached hydrogens (tertiary/aromatic N) is 1. The lowest BCUT2D eigenvalue weighted by Gasteiger charge is -2.19. The molecular formula is C25H27N3O3. The molecule has 0 aliphatic heterocycles. The Morgan fingerprint density at radius 3 is 2.16 bits per heavy atom. The van der Waals surface area contributed by atoms with Crippen LogP contribution >= 0.6 is 0 Å². The molecule has 160 valence electrons. The first-order valence-corrected chi connectivity index (χ1v) is 10.3. The Balaban J connectivity index is 1.52. The number of para-hydroxylation sites is 1. The van der Waals surface area contributed by atoms with Gasteiger partial charge in [-0.2, -0.15) is 0 Å². The number of amides is 2. The van der Waals surface area contributed by atoms with Crippen LogP contribution in [0.3, 0.4) is 0 Å². The van der Waals surface area contributed by atoms with Crippen molar-refractivity contribution in [2.75, 3.05) is 30.3 Å². The van der Waals surface area contributed by atoms with Crippen LogP contribution in [0.4, 0.5) is 11.4 Å². The van der Waals surface area contributed by atoms with E-state index in [1.165, 1.54) is 0 Å². The van der Waals surface area contributed by atoms with E-state index in [1.54, 1.807) is 41.3 Å². The molecule has 0 saturated heterocycles. The van der Waals surface area contributed by atoms with E-state index in [4.69, 9.17) is 4.74 Å². The van der Waals surface area contributed by atoms with Crippen molar-refractivity contribution in [3.05, 3.63) is 84.4 Å². The predicted molar refractivity (Wildman–Crippen MR) is 124 cm³/mol. The fourth-order valence-electron chi connectivity index (χ4n) is 3.07. The lowest BCUT2D eigenvalue weighted by atomic mass is 10.1. The van der Waals surface area contributed by atoms with E-state index >= 15 is 0 Å². The molecule has 3 rings (SSSR count). The lowest BCUT2D eigenvalue weighted by Crippen LogP contribution is -2.30. The van der Waals surface area contributed by atoms with Gasteiger partial charge in [0.25, 0.3) is 5.91 Å². The number of hydrogen-bond donors (Lipinski definition) is 2. The third kappa shape index (κ3) is 6.34. The van der Waals surface area contributed by atoms with E-state index in [9.17, 15) is 9.59 Å². The first kappa shape index (κ1) is 21.9. The number of ether oxygens (including phenoxy) is 1. The fourth-order valence-corrected chi connectivity index (χ4v) is 3.07. The Morgan fingerprint density at radius 2 is 1.48 bits per heavy atom. The van der Waals surface area contributed by atoms with Crippen LogP contribution in [0, 0.1) is 0 Å². The van der Waals surface area contributed by atoms with Gasteiger partial charge in [0, 0.05) is 30.0 Å². The molecule has 0 radical (unpaired) electrons. The zero-order valence-electron chi connectivity index (χ0n) is 17.8. The van der Waals surface area contributed by atoms with Gasteiger partial charge >= 0.3 is 0 Å². The van der Waals surface area contributed by atoms with Gasteiger partial charge < -0.3 is 20.3 Å². The highest BCUT2D eigenvalue weighted by Crippen LogP contribution is 2.22. The maximum atomic E-state index is 12.5. The number of nitrogens with one attached hydrogen (secondary N) is 2. The van der Waals surface area contributed by atoms with Crippen LogP contribution in [0.25, 0.3) is 0 Å². The SMILES string of the molecule is CCN(CC)C(=O)c1cccc(NCC(=O)Nc2ccc(Oc3ccccc3)cc2)c1. The van der Waals surface area contributed by atoms with Crippen LogP contribution in [0.5, 0.6) is 11.5 Å². The highest BCUT2D eigenvalue weighted by Gasteiger charge is 2.12. The van der Waals surface area contributed by atoms with Crippen molar-refractivity contribution < 1.29 is 14.3 Å². The van der Waals surface area contributed by atoms with Gasteiger partial charge in [0.1, 0.15) is 11.5 Å². The molecule has 2 N–H and O–H groups in total. The Labute approximate surface area is 182 Å². The molecule has 0 bridgehead atoms. The number of rotatable bonds is 9.